The predicted octanol–water partition coefficient (Wildman–Crippen LogP) is 3.88. The molecule has 0 unspecified atom stereocenters. The summed E-state index contributed by atoms with van der Waals surface area (Å²) < 4.78 is 10.7. The van der Waals surface area contributed by atoms with Gasteiger partial charge in [0.1, 0.15) is 5.75 Å². The highest BCUT2D eigenvalue weighted by atomic mass is 16.5. The molecule has 1 aromatic heterocycles. The summed E-state index contributed by atoms with van der Waals surface area (Å²) in [4.78, 5) is 24.7. The zero-order valence-corrected chi connectivity index (χ0v) is 16.4. The number of carbonyl (C=O) groups is 1. The number of esters is 1. The Hall–Kier alpha value is -3.68. The molecular weight excluding hydrogens is 370 g/mol. The maximum Gasteiger partial charge on any atom is 0.338 e. The second-order valence-electron chi connectivity index (χ2n) is 5.98. The minimum Gasteiger partial charge on any atom is -0.462 e. The minimum absolute atomic E-state index is 0.149. The maximum atomic E-state index is 11.8. The topological polar surface area (TPSA) is 98.3 Å². The van der Waals surface area contributed by atoms with Gasteiger partial charge in [-0.15, -0.1) is 0 Å². The second kappa shape index (κ2) is 10.0. The molecule has 150 valence electrons. The summed E-state index contributed by atoms with van der Waals surface area (Å²) in [7, 11) is 0. The smallest absolute Gasteiger partial charge is 0.338 e. The lowest BCUT2D eigenvalue weighted by Gasteiger charge is -2.10. The van der Waals surface area contributed by atoms with E-state index in [1.807, 2.05) is 37.3 Å². The molecule has 0 bridgehead atoms. The molecule has 3 rings (SSSR count). The normalized spacial score (nSPS) is 10.3. The van der Waals surface area contributed by atoms with Gasteiger partial charge in [-0.1, -0.05) is 30.3 Å². The van der Waals surface area contributed by atoms with Crippen molar-refractivity contribution in [3.8, 4) is 11.8 Å². The fraction of sp³-hybridized carbons (Fsp3) is 0.238. The molecule has 0 radical (unpaired) electrons. The van der Waals surface area contributed by atoms with E-state index in [1.165, 1.54) is 0 Å². The first-order valence-electron chi connectivity index (χ1n) is 9.40. The van der Waals surface area contributed by atoms with E-state index in [4.69, 9.17) is 9.47 Å². The number of carbonyl (C=O) groups excluding carboxylic acids is 1. The van der Waals surface area contributed by atoms with Gasteiger partial charge in [-0.25, -0.2) is 4.79 Å². The van der Waals surface area contributed by atoms with Crippen molar-refractivity contribution in [3.63, 3.8) is 0 Å². The molecule has 8 nitrogen and oxygen atoms in total. The van der Waals surface area contributed by atoms with E-state index >= 15 is 0 Å². The average Bonchev–Trinajstić information content (AvgIpc) is 2.74. The van der Waals surface area contributed by atoms with Crippen LogP contribution in [0.15, 0.2) is 54.6 Å². The van der Waals surface area contributed by atoms with Crippen LogP contribution in [0.3, 0.4) is 0 Å². The monoisotopic (exact) mass is 393 g/mol. The van der Waals surface area contributed by atoms with Gasteiger partial charge in [-0.2, -0.15) is 15.0 Å². The number of anilines is 2. The molecule has 8 heteroatoms. The van der Waals surface area contributed by atoms with E-state index in [2.05, 4.69) is 25.6 Å². The number of hydrogen-bond acceptors (Lipinski definition) is 8. The van der Waals surface area contributed by atoms with Gasteiger partial charge in [-0.3, -0.25) is 0 Å². The van der Waals surface area contributed by atoms with Crippen LogP contribution in [0.2, 0.25) is 0 Å². The Kier molecular flexibility index (Phi) is 6.94. The van der Waals surface area contributed by atoms with Gasteiger partial charge >= 0.3 is 12.0 Å². The van der Waals surface area contributed by atoms with Crippen LogP contribution in [0.5, 0.6) is 11.8 Å². The first kappa shape index (κ1) is 20.1. The highest BCUT2D eigenvalue weighted by Gasteiger charge is 2.10. The summed E-state index contributed by atoms with van der Waals surface area (Å²) in [5.74, 6) is 0.941. The van der Waals surface area contributed by atoms with Crippen LogP contribution in [0.25, 0.3) is 0 Å². The van der Waals surface area contributed by atoms with Crippen LogP contribution in [-0.4, -0.2) is 34.1 Å². The summed E-state index contributed by atoms with van der Waals surface area (Å²) in [5.41, 5.74) is 1.56. The third-order valence-corrected chi connectivity index (χ3v) is 3.82. The van der Waals surface area contributed by atoms with Crippen molar-refractivity contribution < 1.29 is 14.3 Å². The molecule has 0 atom stereocenters. The molecule has 0 aliphatic heterocycles. The lowest BCUT2D eigenvalue weighted by Crippen LogP contribution is -2.10. The Morgan fingerprint density at radius 3 is 2.24 bits per heavy atom. The molecule has 29 heavy (non-hydrogen) atoms. The summed E-state index contributed by atoms with van der Waals surface area (Å²) in [5, 5.41) is 6.25. The van der Waals surface area contributed by atoms with Gasteiger partial charge in [0.15, 0.2) is 0 Å². The Bertz CT molecular complexity index is 933. The zero-order chi connectivity index (χ0) is 20.5. The molecule has 2 N–H and O–H groups in total. The summed E-state index contributed by atoms with van der Waals surface area (Å²) in [6.45, 7) is 5.28. The Morgan fingerprint density at radius 1 is 0.897 bits per heavy atom. The van der Waals surface area contributed by atoms with Crippen molar-refractivity contribution in [3.05, 3.63) is 65.7 Å². The number of rotatable bonds is 9. The Balaban J connectivity index is 1.73. The molecular formula is C21H23N5O3. The summed E-state index contributed by atoms with van der Waals surface area (Å²) in [6, 6.07) is 16.7. The average molecular weight is 393 g/mol. The number of hydrogen-bond donors (Lipinski definition) is 2. The summed E-state index contributed by atoms with van der Waals surface area (Å²) >= 11 is 0. The first-order valence-corrected chi connectivity index (χ1v) is 9.40. The van der Waals surface area contributed by atoms with Gasteiger partial charge in [0.2, 0.25) is 11.9 Å². The third kappa shape index (κ3) is 5.90. The van der Waals surface area contributed by atoms with Gasteiger partial charge in [-0.05, 0) is 43.7 Å². The van der Waals surface area contributed by atoms with Crippen molar-refractivity contribution in [2.24, 2.45) is 0 Å². The van der Waals surface area contributed by atoms with Crippen LogP contribution >= 0.6 is 0 Å². The minimum atomic E-state index is -0.374. The summed E-state index contributed by atoms with van der Waals surface area (Å²) in [6.07, 6.45) is 0. The van der Waals surface area contributed by atoms with Crippen LogP contribution < -0.4 is 15.4 Å². The van der Waals surface area contributed by atoms with Crippen molar-refractivity contribution in [1.29, 1.82) is 0 Å². The van der Waals surface area contributed by atoms with E-state index in [1.54, 1.807) is 31.2 Å². The highest BCUT2D eigenvalue weighted by molar-refractivity contribution is 5.89. The van der Waals surface area contributed by atoms with E-state index in [-0.39, 0.29) is 12.0 Å². The van der Waals surface area contributed by atoms with Crippen molar-refractivity contribution in [2.45, 2.75) is 20.4 Å². The van der Waals surface area contributed by atoms with Gasteiger partial charge in [0.25, 0.3) is 0 Å². The molecule has 2 aromatic carbocycles. The van der Waals surface area contributed by atoms with Crippen molar-refractivity contribution in [2.75, 3.05) is 23.8 Å². The number of aromatic nitrogens is 3. The number of ether oxygens (including phenoxy) is 2. The van der Waals surface area contributed by atoms with Crippen molar-refractivity contribution >= 4 is 17.9 Å². The Labute approximate surface area is 169 Å². The number of benzene rings is 2. The standard InChI is InChI=1S/C21H23N5O3/c1-3-22-19-24-20(23-14-15-8-6-5-7-9-15)26-21(25-19)29-17-12-10-16(11-13-17)18(27)28-4-2/h5-13H,3-4,14H2,1-2H3,(H2,22,23,24,25,26). The van der Waals surface area contributed by atoms with E-state index in [0.717, 1.165) is 5.56 Å². The van der Waals surface area contributed by atoms with Crippen molar-refractivity contribution in [1.82, 2.24) is 15.0 Å². The van der Waals surface area contributed by atoms with E-state index < -0.39 is 0 Å². The molecule has 3 aromatic rings. The quantitative estimate of drug-likeness (QED) is 0.529. The van der Waals surface area contributed by atoms with Crippen LogP contribution in [0, 0.1) is 0 Å². The lowest BCUT2D eigenvalue weighted by atomic mass is 10.2. The van der Waals surface area contributed by atoms with Gasteiger partial charge in [0.05, 0.1) is 12.2 Å². The molecule has 0 aliphatic carbocycles. The van der Waals surface area contributed by atoms with E-state index in [9.17, 15) is 4.79 Å². The molecule has 0 amide bonds. The van der Waals surface area contributed by atoms with Crippen LogP contribution in [0.4, 0.5) is 11.9 Å². The zero-order valence-electron chi connectivity index (χ0n) is 16.4. The van der Waals surface area contributed by atoms with Gasteiger partial charge in [0, 0.05) is 13.1 Å². The fourth-order valence-electron chi connectivity index (χ4n) is 2.47. The molecule has 0 saturated carbocycles. The maximum absolute atomic E-state index is 11.8. The number of nitrogens with zero attached hydrogens (tertiary/aromatic N) is 3. The van der Waals surface area contributed by atoms with Crippen LogP contribution in [-0.2, 0) is 11.3 Å². The van der Waals surface area contributed by atoms with Crippen LogP contribution in [0.1, 0.15) is 29.8 Å². The number of nitrogens with one attached hydrogen (secondary N) is 2. The first-order chi connectivity index (χ1) is 14.2. The molecule has 0 fully saturated rings. The molecule has 1 heterocycles. The predicted molar refractivity (Wildman–Crippen MR) is 110 cm³/mol. The molecule has 0 spiro atoms. The second-order valence-corrected chi connectivity index (χ2v) is 5.98. The third-order valence-electron chi connectivity index (χ3n) is 3.82. The van der Waals surface area contributed by atoms with Gasteiger partial charge < -0.3 is 20.1 Å². The highest BCUT2D eigenvalue weighted by Crippen LogP contribution is 2.21. The lowest BCUT2D eigenvalue weighted by molar-refractivity contribution is 0.0526. The van der Waals surface area contributed by atoms with E-state index in [0.29, 0.717) is 42.9 Å². The largest absolute Gasteiger partial charge is 0.462 e. The Morgan fingerprint density at radius 2 is 1.59 bits per heavy atom. The fourth-order valence-corrected chi connectivity index (χ4v) is 2.47. The SMILES string of the molecule is CCNc1nc(NCc2ccccc2)nc(Oc2ccc(C(=O)OCC)cc2)n1. The molecule has 0 aliphatic rings. The molecule has 0 saturated heterocycles.